The number of likely N-dealkylation sites (N-methyl/N-ethyl adjacent to an activating group) is 1. The van der Waals surface area contributed by atoms with Gasteiger partial charge in [0, 0.05) is 51.7 Å². The topological polar surface area (TPSA) is 63.6 Å². The second-order valence-electron chi connectivity index (χ2n) is 5.34. The van der Waals surface area contributed by atoms with E-state index in [-0.39, 0.29) is 0 Å². The molecule has 0 aliphatic carbocycles. The first-order valence-electron chi connectivity index (χ1n) is 7.21. The Labute approximate surface area is 128 Å². The highest BCUT2D eigenvalue weighted by Crippen LogP contribution is 2.17. The van der Waals surface area contributed by atoms with Gasteiger partial charge in [0.1, 0.15) is 4.90 Å². The van der Waals surface area contributed by atoms with Gasteiger partial charge in [-0.25, -0.2) is 8.42 Å². The number of ether oxygens (including phenoxy) is 1. The molecule has 1 N–H and O–H groups in total. The summed E-state index contributed by atoms with van der Waals surface area (Å²) >= 11 is 0. The Kier molecular flexibility index (Phi) is 6.86. The quantitative estimate of drug-likeness (QED) is 0.695. The highest BCUT2D eigenvalue weighted by atomic mass is 32.2. The van der Waals surface area contributed by atoms with Crippen LogP contribution in [0.5, 0.6) is 0 Å². The van der Waals surface area contributed by atoms with E-state index >= 15 is 0 Å². The monoisotopic (exact) mass is 317 g/mol. The van der Waals surface area contributed by atoms with Crippen LogP contribution in [-0.2, 0) is 28.4 Å². The minimum Gasteiger partial charge on any atom is -0.380 e. The molecule has 0 saturated carbocycles. The van der Waals surface area contributed by atoms with Crippen molar-refractivity contribution in [1.29, 1.82) is 0 Å². The van der Waals surface area contributed by atoms with Crippen LogP contribution in [0.1, 0.15) is 26.5 Å². The van der Waals surface area contributed by atoms with Crippen LogP contribution < -0.4 is 5.32 Å². The maximum atomic E-state index is 12.5. The van der Waals surface area contributed by atoms with E-state index in [1.165, 1.54) is 4.31 Å². The van der Waals surface area contributed by atoms with Gasteiger partial charge in [-0.05, 0) is 13.0 Å². The average Bonchev–Trinajstić information content (AvgIpc) is 2.78. The third-order valence-electron chi connectivity index (χ3n) is 3.24. The van der Waals surface area contributed by atoms with E-state index < -0.39 is 10.0 Å². The van der Waals surface area contributed by atoms with Gasteiger partial charge in [-0.3, -0.25) is 0 Å². The van der Waals surface area contributed by atoms with Gasteiger partial charge in [-0.2, -0.15) is 4.31 Å². The Morgan fingerprint density at radius 1 is 1.43 bits per heavy atom. The van der Waals surface area contributed by atoms with Crippen molar-refractivity contribution in [1.82, 2.24) is 14.2 Å². The van der Waals surface area contributed by atoms with Gasteiger partial charge in [0.2, 0.25) is 10.0 Å². The molecule has 0 radical (unpaired) electrons. The number of nitrogens with one attached hydrogen (secondary N) is 1. The molecule has 0 aliphatic rings. The molecular weight excluding hydrogens is 290 g/mol. The minimum atomic E-state index is -3.45. The molecule has 0 amide bonds. The first kappa shape index (κ1) is 18.2. The Hall–Kier alpha value is -0.890. The van der Waals surface area contributed by atoms with Crippen molar-refractivity contribution in [3.05, 3.63) is 18.0 Å². The molecule has 0 fully saturated rings. The smallest absolute Gasteiger partial charge is 0.244 e. The van der Waals surface area contributed by atoms with Crippen molar-refractivity contribution in [2.75, 3.05) is 26.8 Å². The van der Waals surface area contributed by atoms with Crippen LogP contribution in [0.4, 0.5) is 0 Å². The lowest BCUT2D eigenvalue weighted by molar-refractivity contribution is 0.138. The summed E-state index contributed by atoms with van der Waals surface area (Å²) in [5, 5.41) is 3.29. The summed E-state index contributed by atoms with van der Waals surface area (Å²) in [6.07, 6.45) is 1.66. The van der Waals surface area contributed by atoms with E-state index in [1.807, 2.05) is 18.5 Å². The van der Waals surface area contributed by atoms with E-state index in [0.29, 0.717) is 37.2 Å². The molecule has 0 bridgehead atoms. The van der Waals surface area contributed by atoms with Crippen molar-refractivity contribution in [3.63, 3.8) is 0 Å². The number of hydrogen-bond donors (Lipinski definition) is 1. The summed E-state index contributed by atoms with van der Waals surface area (Å²) in [5.74, 6) is 0. The van der Waals surface area contributed by atoms with Crippen LogP contribution in [0.15, 0.2) is 17.2 Å². The fraction of sp³-hybridized carbons (Fsp3) is 0.714. The van der Waals surface area contributed by atoms with Crippen LogP contribution in [0.2, 0.25) is 0 Å². The molecule has 1 aromatic rings. The molecule has 0 atom stereocenters. The number of aromatic nitrogens is 1. The van der Waals surface area contributed by atoms with Crippen LogP contribution in [-0.4, -0.2) is 50.1 Å². The molecule has 0 aliphatic heterocycles. The summed E-state index contributed by atoms with van der Waals surface area (Å²) < 4.78 is 33.3. The number of rotatable bonds is 9. The summed E-state index contributed by atoms with van der Waals surface area (Å²) in [6, 6.07) is 2.08. The Bertz CT molecular complexity index is 538. The minimum absolute atomic E-state index is 0.324. The van der Waals surface area contributed by atoms with Gasteiger partial charge < -0.3 is 14.6 Å². The zero-order chi connectivity index (χ0) is 16.0. The Balaban J connectivity index is 2.81. The largest absolute Gasteiger partial charge is 0.380 e. The Morgan fingerprint density at radius 2 is 2.10 bits per heavy atom. The first-order chi connectivity index (χ1) is 9.78. The molecule has 1 rings (SSSR count). The van der Waals surface area contributed by atoms with Gasteiger partial charge in [0.25, 0.3) is 0 Å². The molecule has 6 nitrogen and oxygen atoms in total. The Morgan fingerprint density at radius 3 is 2.67 bits per heavy atom. The lowest BCUT2D eigenvalue weighted by Crippen LogP contribution is -2.30. The third kappa shape index (κ3) is 5.10. The number of nitrogens with zero attached hydrogens (tertiary/aromatic N) is 2. The summed E-state index contributed by atoms with van der Waals surface area (Å²) in [6.45, 7) is 7.99. The first-order valence-corrected chi connectivity index (χ1v) is 8.65. The predicted molar refractivity (Wildman–Crippen MR) is 83.7 cm³/mol. The van der Waals surface area contributed by atoms with Crippen molar-refractivity contribution in [2.45, 2.75) is 38.3 Å². The lowest BCUT2D eigenvalue weighted by atomic mass is 10.3. The number of sulfonamides is 1. The molecule has 1 aromatic heterocycles. The summed E-state index contributed by atoms with van der Waals surface area (Å²) in [7, 11) is -0.0205. The zero-order valence-electron chi connectivity index (χ0n) is 13.6. The molecule has 0 unspecified atom stereocenters. The zero-order valence-corrected chi connectivity index (χ0v) is 14.4. The van der Waals surface area contributed by atoms with Crippen LogP contribution in [0.25, 0.3) is 0 Å². The maximum Gasteiger partial charge on any atom is 0.244 e. The van der Waals surface area contributed by atoms with Crippen LogP contribution >= 0.6 is 0 Å². The second-order valence-corrected chi connectivity index (χ2v) is 7.38. The molecule has 1 heterocycles. The number of hydrogen-bond acceptors (Lipinski definition) is 4. The third-order valence-corrected chi connectivity index (χ3v) is 5.06. The van der Waals surface area contributed by atoms with Crippen molar-refractivity contribution in [3.8, 4) is 0 Å². The van der Waals surface area contributed by atoms with Crippen molar-refractivity contribution >= 4 is 10.0 Å². The van der Waals surface area contributed by atoms with Crippen LogP contribution in [0.3, 0.4) is 0 Å². The van der Waals surface area contributed by atoms with Crippen LogP contribution in [0, 0.1) is 0 Å². The van der Waals surface area contributed by atoms with E-state index in [2.05, 4.69) is 19.2 Å². The maximum absolute atomic E-state index is 12.5. The molecule has 0 saturated heterocycles. The lowest BCUT2D eigenvalue weighted by Gasteiger charge is -2.15. The molecule has 0 aromatic carbocycles. The van der Waals surface area contributed by atoms with Gasteiger partial charge in [0.05, 0.1) is 6.61 Å². The summed E-state index contributed by atoms with van der Waals surface area (Å²) in [5.41, 5.74) is 0.945. The van der Waals surface area contributed by atoms with E-state index in [9.17, 15) is 8.42 Å². The molecular formula is C14H27N3O3S. The standard InChI is InChI=1S/C14H27N3O3S/c1-6-20-8-7-17(5)21(18,19)14-9-13(16(4)11-14)10-15-12(2)3/h9,11-12,15H,6-8,10H2,1-5H3. The summed E-state index contributed by atoms with van der Waals surface area (Å²) in [4.78, 5) is 0.324. The SMILES string of the molecule is CCOCCN(C)S(=O)(=O)c1cc(CNC(C)C)n(C)c1. The van der Waals surface area contributed by atoms with Gasteiger partial charge >= 0.3 is 0 Å². The van der Waals surface area contributed by atoms with E-state index in [0.717, 1.165) is 5.69 Å². The fourth-order valence-corrected chi connectivity index (χ4v) is 3.09. The second kappa shape index (κ2) is 7.93. The molecule has 0 spiro atoms. The predicted octanol–water partition coefficient (Wildman–Crippen LogP) is 1.18. The van der Waals surface area contributed by atoms with Crippen molar-refractivity contribution < 1.29 is 13.2 Å². The molecule has 21 heavy (non-hydrogen) atoms. The highest BCUT2D eigenvalue weighted by molar-refractivity contribution is 7.89. The van der Waals surface area contributed by atoms with Gasteiger partial charge in [-0.1, -0.05) is 13.8 Å². The van der Waals surface area contributed by atoms with Gasteiger partial charge in [-0.15, -0.1) is 0 Å². The average molecular weight is 317 g/mol. The van der Waals surface area contributed by atoms with Gasteiger partial charge in [0.15, 0.2) is 0 Å². The highest BCUT2D eigenvalue weighted by Gasteiger charge is 2.22. The normalized spacial score (nSPS) is 12.5. The molecule has 7 heteroatoms. The van der Waals surface area contributed by atoms with Crippen molar-refractivity contribution in [2.24, 2.45) is 7.05 Å². The van der Waals surface area contributed by atoms with E-state index in [1.54, 1.807) is 19.3 Å². The number of aryl methyl sites for hydroxylation is 1. The van der Waals surface area contributed by atoms with E-state index in [4.69, 9.17) is 4.74 Å². The fourth-order valence-electron chi connectivity index (χ4n) is 1.84. The molecule has 122 valence electrons.